The normalized spacial score (nSPS) is 24.2. The van der Waals surface area contributed by atoms with E-state index < -0.39 is 0 Å². The number of nitrogens with one attached hydrogen (secondary N) is 2. The molecule has 2 saturated heterocycles. The van der Waals surface area contributed by atoms with Crippen LogP contribution < -0.4 is 10.6 Å². The average Bonchev–Trinajstić information content (AvgIpc) is 3.46. The van der Waals surface area contributed by atoms with E-state index in [4.69, 9.17) is 14.5 Å². The Balaban J connectivity index is 1.56. The molecule has 0 saturated carbocycles. The van der Waals surface area contributed by atoms with Gasteiger partial charge in [-0.15, -0.1) is 10.2 Å². The van der Waals surface area contributed by atoms with E-state index in [0.29, 0.717) is 25.8 Å². The van der Waals surface area contributed by atoms with Gasteiger partial charge in [0.15, 0.2) is 11.8 Å². The highest BCUT2D eigenvalue weighted by atomic mass is 16.5. The van der Waals surface area contributed by atoms with Gasteiger partial charge in [-0.05, 0) is 46.2 Å². The fourth-order valence-corrected chi connectivity index (χ4v) is 3.85. The number of likely N-dealkylation sites (tertiary alicyclic amines) is 1. The maximum atomic E-state index is 5.96. The van der Waals surface area contributed by atoms with Gasteiger partial charge in [0.1, 0.15) is 12.4 Å². The molecule has 2 aliphatic rings. The van der Waals surface area contributed by atoms with Crippen molar-refractivity contribution in [3.63, 3.8) is 0 Å². The van der Waals surface area contributed by atoms with Crippen LogP contribution in [0, 0.1) is 6.92 Å². The highest BCUT2D eigenvalue weighted by Gasteiger charge is 2.23. The first kappa shape index (κ1) is 22.0. The maximum absolute atomic E-state index is 5.96. The molecule has 2 fully saturated rings. The second-order valence-corrected chi connectivity index (χ2v) is 8.06. The minimum atomic E-state index is 0.147. The van der Waals surface area contributed by atoms with Gasteiger partial charge >= 0.3 is 0 Å². The van der Waals surface area contributed by atoms with Gasteiger partial charge in [0.25, 0.3) is 0 Å². The number of rotatable bonds is 9. The quantitative estimate of drug-likeness (QED) is 0.463. The first-order valence-corrected chi connectivity index (χ1v) is 10.9. The van der Waals surface area contributed by atoms with Crippen LogP contribution in [0.25, 0.3) is 0 Å². The van der Waals surface area contributed by atoms with Crippen LogP contribution in [-0.2, 0) is 23.1 Å². The van der Waals surface area contributed by atoms with Crippen LogP contribution in [0.3, 0.4) is 0 Å². The van der Waals surface area contributed by atoms with E-state index in [0.717, 1.165) is 43.7 Å². The second-order valence-electron chi connectivity index (χ2n) is 8.06. The van der Waals surface area contributed by atoms with E-state index in [9.17, 15) is 0 Å². The predicted octanol–water partition coefficient (Wildman–Crippen LogP) is 0.837. The molecule has 2 N–H and O–H groups in total. The molecule has 3 atom stereocenters. The van der Waals surface area contributed by atoms with E-state index >= 15 is 0 Å². The van der Waals surface area contributed by atoms with Crippen molar-refractivity contribution in [2.75, 3.05) is 39.5 Å². The second kappa shape index (κ2) is 10.9. The number of hydrogen-bond acceptors (Lipinski definition) is 6. The fourth-order valence-electron chi connectivity index (χ4n) is 3.85. The van der Waals surface area contributed by atoms with E-state index in [1.165, 1.54) is 19.4 Å². The van der Waals surface area contributed by atoms with Crippen LogP contribution in [-0.4, -0.2) is 83.3 Å². The lowest BCUT2D eigenvalue weighted by molar-refractivity contribution is 0.0347. The highest BCUT2D eigenvalue weighted by molar-refractivity contribution is 5.80. The Morgan fingerprint density at radius 2 is 2.24 bits per heavy atom. The topological polar surface area (TPSA) is 88.8 Å². The van der Waals surface area contributed by atoms with Crippen molar-refractivity contribution in [2.45, 2.75) is 64.8 Å². The SMILES string of the molecule is CCN1CCCC1CNC(=NCc1nnc(C)n1C)NC(C)COC1CCOC1. The molecule has 164 valence electrons. The number of hydrogen-bond donors (Lipinski definition) is 2. The first-order chi connectivity index (χ1) is 14.1. The Labute approximate surface area is 174 Å². The smallest absolute Gasteiger partial charge is 0.192 e. The summed E-state index contributed by atoms with van der Waals surface area (Å²) in [4.78, 5) is 7.30. The molecule has 0 aliphatic carbocycles. The van der Waals surface area contributed by atoms with Gasteiger partial charge in [-0.1, -0.05) is 6.92 Å². The summed E-state index contributed by atoms with van der Waals surface area (Å²) in [6.45, 7) is 12.1. The molecular weight excluding hydrogens is 370 g/mol. The molecule has 2 aliphatic heterocycles. The summed E-state index contributed by atoms with van der Waals surface area (Å²) in [5, 5.41) is 15.4. The van der Waals surface area contributed by atoms with Crippen molar-refractivity contribution in [3.05, 3.63) is 11.6 Å². The van der Waals surface area contributed by atoms with Gasteiger partial charge in [0.2, 0.25) is 0 Å². The molecule has 0 amide bonds. The molecule has 3 rings (SSSR count). The summed E-state index contributed by atoms with van der Waals surface area (Å²) in [6.07, 6.45) is 3.69. The summed E-state index contributed by atoms with van der Waals surface area (Å²) < 4.78 is 13.3. The summed E-state index contributed by atoms with van der Waals surface area (Å²) >= 11 is 0. The molecule has 0 radical (unpaired) electrons. The third kappa shape index (κ3) is 6.38. The Hall–Kier alpha value is -1.71. The van der Waals surface area contributed by atoms with Crippen LogP contribution in [0.2, 0.25) is 0 Å². The Kier molecular flexibility index (Phi) is 8.26. The third-order valence-corrected chi connectivity index (χ3v) is 5.82. The standard InChI is InChI=1S/C20H37N7O2/c1-5-27-9-6-7-17(27)11-21-20(22-12-19-25-24-16(3)26(19)4)23-15(2)13-29-18-8-10-28-14-18/h15,17-18H,5-14H2,1-4H3,(H2,21,22,23). The number of ether oxygens (including phenoxy) is 2. The van der Waals surface area contributed by atoms with Crippen LogP contribution >= 0.6 is 0 Å². The van der Waals surface area contributed by atoms with Crippen LogP contribution in [0.5, 0.6) is 0 Å². The number of nitrogens with zero attached hydrogens (tertiary/aromatic N) is 5. The van der Waals surface area contributed by atoms with Crippen molar-refractivity contribution < 1.29 is 9.47 Å². The van der Waals surface area contributed by atoms with Gasteiger partial charge in [-0.25, -0.2) is 4.99 Å². The van der Waals surface area contributed by atoms with Crippen molar-refractivity contribution >= 4 is 5.96 Å². The average molecular weight is 408 g/mol. The largest absolute Gasteiger partial charge is 0.379 e. The van der Waals surface area contributed by atoms with Crippen LogP contribution in [0.4, 0.5) is 0 Å². The van der Waals surface area contributed by atoms with Crippen molar-refractivity contribution in [1.29, 1.82) is 0 Å². The number of aliphatic imine (C=N–C) groups is 1. The Bertz CT molecular complexity index is 657. The van der Waals surface area contributed by atoms with Crippen LogP contribution in [0.15, 0.2) is 4.99 Å². The molecule has 1 aromatic heterocycles. The summed E-state index contributed by atoms with van der Waals surface area (Å²) in [6, 6.07) is 0.709. The molecule has 3 unspecified atom stereocenters. The van der Waals surface area contributed by atoms with E-state index in [1.807, 2.05) is 18.5 Å². The van der Waals surface area contributed by atoms with Gasteiger partial charge in [0.05, 0.1) is 19.3 Å². The van der Waals surface area contributed by atoms with Gasteiger partial charge in [-0.3, -0.25) is 4.90 Å². The van der Waals surface area contributed by atoms with Crippen LogP contribution in [0.1, 0.15) is 44.8 Å². The molecule has 9 heteroatoms. The zero-order chi connectivity index (χ0) is 20.6. The minimum Gasteiger partial charge on any atom is -0.379 e. The summed E-state index contributed by atoms with van der Waals surface area (Å²) in [5.74, 6) is 2.54. The van der Waals surface area contributed by atoms with Gasteiger partial charge in [0, 0.05) is 32.3 Å². The molecule has 0 spiro atoms. The zero-order valence-electron chi connectivity index (χ0n) is 18.4. The zero-order valence-corrected chi connectivity index (χ0v) is 18.4. The van der Waals surface area contributed by atoms with E-state index in [2.05, 4.69) is 39.6 Å². The Morgan fingerprint density at radius 3 is 2.93 bits per heavy atom. The number of aromatic nitrogens is 3. The number of aryl methyl sites for hydroxylation is 1. The lowest BCUT2D eigenvalue weighted by Gasteiger charge is -2.25. The molecule has 0 aromatic carbocycles. The van der Waals surface area contributed by atoms with Gasteiger partial charge in [-0.2, -0.15) is 0 Å². The molecule has 9 nitrogen and oxygen atoms in total. The molecule has 1 aromatic rings. The lowest BCUT2D eigenvalue weighted by Crippen LogP contribution is -2.48. The van der Waals surface area contributed by atoms with Crippen molar-refractivity contribution in [2.24, 2.45) is 12.0 Å². The summed E-state index contributed by atoms with van der Waals surface area (Å²) in [5.41, 5.74) is 0. The molecule has 0 bridgehead atoms. The van der Waals surface area contributed by atoms with Crippen molar-refractivity contribution in [1.82, 2.24) is 30.3 Å². The monoisotopic (exact) mass is 407 g/mol. The fraction of sp³-hybridized carbons (Fsp3) is 0.850. The lowest BCUT2D eigenvalue weighted by atomic mass is 10.2. The Morgan fingerprint density at radius 1 is 1.38 bits per heavy atom. The molecule has 3 heterocycles. The maximum Gasteiger partial charge on any atom is 0.192 e. The molecular formula is C20H37N7O2. The van der Waals surface area contributed by atoms with Gasteiger partial charge < -0.3 is 24.7 Å². The summed E-state index contributed by atoms with van der Waals surface area (Å²) in [7, 11) is 1.97. The predicted molar refractivity (Wildman–Crippen MR) is 113 cm³/mol. The highest BCUT2D eigenvalue weighted by Crippen LogP contribution is 2.15. The first-order valence-electron chi connectivity index (χ1n) is 10.9. The minimum absolute atomic E-state index is 0.147. The third-order valence-electron chi connectivity index (χ3n) is 5.82. The molecule has 29 heavy (non-hydrogen) atoms. The number of likely N-dealkylation sites (N-methyl/N-ethyl adjacent to an activating group) is 1. The van der Waals surface area contributed by atoms with Crippen molar-refractivity contribution in [3.8, 4) is 0 Å². The van der Waals surface area contributed by atoms with E-state index in [-0.39, 0.29) is 12.1 Å². The number of guanidine groups is 1. The van der Waals surface area contributed by atoms with E-state index in [1.54, 1.807) is 0 Å².